The lowest BCUT2D eigenvalue weighted by molar-refractivity contribution is -0.140. The van der Waals surface area contributed by atoms with Crippen molar-refractivity contribution >= 4 is 23.9 Å². The standard InChI is InChI=1S/C8H10F3N3O2S/c9-8(10,11)17-4-2-12-1-3-5(4)6(7(15)16)14-13-3/h2-6,13-14H,1H2,(H,15,16). The fraction of sp³-hybridized carbons (Fsp3) is 0.750. The van der Waals surface area contributed by atoms with Crippen molar-refractivity contribution in [1.29, 1.82) is 0 Å². The van der Waals surface area contributed by atoms with Crippen LogP contribution < -0.4 is 10.9 Å². The van der Waals surface area contributed by atoms with Gasteiger partial charge >= 0.3 is 11.5 Å². The van der Waals surface area contributed by atoms with E-state index in [1.54, 1.807) is 0 Å². The topological polar surface area (TPSA) is 73.7 Å². The maximum absolute atomic E-state index is 12.3. The zero-order valence-corrected chi connectivity index (χ0v) is 9.26. The summed E-state index contributed by atoms with van der Waals surface area (Å²) in [5.41, 5.74) is 0.785. The molecular weight excluding hydrogens is 259 g/mol. The molecule has 2 rings (SSSR count). The summed E-state index contributed by atoms with van der Waals surface area (Å²) in [5, 5.41) is 7.96. The van der Waals surface area contributed by atoms with E-state index in [1.807, 2.05) is 0 Å². The maximum Gasteiger partial charge on any atom is 0.442 e. The van der Waals surface area contributed by atoms with Crippen LogP contribution in [-0.2, 0) is 4.79 Å². The fourth-order valence-electron chi connectivity index (χ4n) is 2.07. The number of hydrogen-bond donors (Lipinski definition) is 3. The summed E-state index contributed by atoms with van der Waals surface area (Å²) >= 11 is -0.217. The van der Waals surface area contributed by atoms with Crippen molar-refractivity contribution in [1.82, 2.24) is 10.9 Å². The highest BCUT2D eigenvalue weighted by Gasteiger charge is 2.49. The van der Waals surface area contributed by atoms with E-state index >= 15 is 0 Å². The maximum atomic E-state index is 12.3. The van der Waals surface area contributed by atoms with E-state index in [-0.39, 0.29) is 24.3 Å². The summed E-state index contributed by atoms with van der Waals surface area (Å²) in [7, 11) is 0. The molecule has 2 aliphatic heterocycles. The van der Waals surface area contributed by atoms with Crippen LogP contribution in [0, 0.1) is 5.92 Å². The second-order valence-electron chi connectivity index (χ2n) is 3.83. The van der Waals surface area contributed by atoms with Gasteiger partial charge in [-0.3, -0.25) is 15.2 Å². The predicted octanol–water partition coefficient (Wildman–Crippen LogP) is 0.238. The third-order valence-electron chi connectivity index (χ3n) is 2.74. The van der Waals surface area contributed by atoms with Gasteiger partial charge in [-0.1, -0.05) is 0 Å². The van der Waals surface area contributed by atoms with Crippen LogP contribution in [0.5, 0.6) is 0 Å². The first-order valence-corrected chi connectivity index (χ1v) is 5.75. The van der Waals surface area contributed by atoms with Gasteiger partial charge in [-0.05, 0) is 11.8 Å². The second kappa shape index (κ2) is 4.46. The molecule has 2 heterocycles. The minimum Gasteiger partial charge on any atom is -0.480 e. The molecule has 2 aliphatic rings. The molecule has 0 aromatic carbocycles. The average molecular weight is 269 g/mol. The number of aliphatic carboxylic acids is 1. The summed E-state index contributed by atoms with van der Waals surface area (Å²) in [6.45, 7) is 0.288. The molecule has 0 aliphatic carbocycles. The highest BCUT2D eigenvalue weighted by atomic mass is 32.2. The molecule has 0 spiro atoms. The van der Waals surface area contributed by atoms with Crippen LogP contribution in [0.25, 0.3) is 0 Å². The lowest BCUT2D eigenvalue weighted by atomic mass is 9.89. The Morgan fingerprint density at radius 1 is 1.47 bits per heavy atom. The number of nitrogens with zero attached hydrogens (tertiary/aromatic N) is 1. The van der Waals surface area contributed by atoms with Gasteiger partial charge in [0.05, 0.1) is 11.8 Å². The van der Waals surface area contributed by atoms with E-state index in [9.17, 15) is 18.0 Å². The molecule has 0 aromatic rings. The minimum atomic E-state index is -4.40. The number of hydrazine groups is 1. The lowest BCUT2D eigenvalue weighted by Crippen LogP contribution is -2.45. The predicted molar refractivity (Wildman–Crippen MR) is 55.8 cm³/mol. The van der Waals surface area contributed by atoms with Crippen molar-refractivity contribution in [3.05, 3.63) is 0 Å². The van der Waals surface area contributed by atoms with Crippen molar-refractivity contribution in [2.75, 3.05) is 6.54 Å². The molecule has 0 aromatic heterocycles. The molecule has 96 valence electrons. The van der Waals surface area contributed by atoms with Crippen LogP contribution in [-0.4, -0.2) is 46.7 Å². The van der Waals surface area contributed by atoms with Crippen molar-refractivity contribution in [2.24, 2.45) is 10.9 Å². The minimum absolute atomic E-state index is 0.217. The zero-order chi connectivity index (χ0) is 12.6. The number of carboxylic acids is 1. The van der Waals surface area contributed by atoms with Crippen LogP contribution in [0.1, 0.15) is 0 Å². The Bertz CT molecular complexity index is 349. The average Bonchev–Trinajstić information content (AvgIpc) is 2.59. The molecule has 17 heavy (non-hydrogen) atoms. The summed E-state index contributed by atoms with van der Waals surface area (Å²) in [4.78, 5) is 14.8. The molecule has 4 atom stereocenters. The van der Waals surface area contributed by atoms with Crippen LogP contribution in [0.3, 0.4) is 0 Å². The highest BCUT2D eigenvalue weighted by Crippen LogP contribution is 2.40. The Labute approximate surface area is 98.8 Å². The van der Waals surface area contributed by atoms with Gasteiger partial charge in [0.1, 0.15) is 6.04 Å². The number of hydrogen-bond acceptors (Lipinski definition) is 5. The van der Waals surface area contributed by atoms with Crippen molar-refractivity contribution in [3.8, 4) is 0 Å². The van der Waals surface area contributed by atoms with Crippen molar-refractivity contribution in [2.45, 2.75) is 22.8 Å². The first kappa shape index (κ1) is 12.7. The van der Waals surface area contributed by atoms with Gasteiger partial charge in [0.15, 0.2) is 0 Å². The van der Waals surface area contributed by atoms with E-state index in [4.69, 9.17) is 5.11 Å². The van der Waals surface area contributed by atoms with E-state index < -0.39 is 28.7 Å². The largest absolute Gasteiger partial charge is 0.480 e. The third-order valence-corrected chi connectivity index (χ3v) is 3.72. The molecule has 9 heteroatoms. The Hall–Kier alpha value is -0.800. The Kier molecular flexibility index (Phi) is 3.32. The van der Waals surface area contributed by atoms with Gasteiger partial charge in [-0.25, -0.2) is 5.43 Å². The molecule has 4 unspecified atom stereocenters. The second-order valence-corrected chi connectivity index (χ2v) is 5.07. The van der Waals surface area contributed by atoms with Crippen LogP contribution in [0.15, 0.2) is 4.99 Å². The number of carbonyl (C=O) groups is 1. The number of rotatable bonds is 2. The molecule has 1 fully saturated rings. The van der Waals surface area contributed by atoms with Crippen molar-refractivity contribution in [3.63, 3.8) is 0 Å². The van der Waals surface area contributed by atoms with Gasteiger partial charge in [0.2, 0.25) is 0 Å². The smallest absolute Gasteiger partial charge is 0.442 e. The van der Waals surface area contributed by atoms with E-state index in [0.717, 1.165) is 0 Å². The normalized spacial score (nSPS) is 36.9. The van der Waals surface area contributed by atoms with E-state index in [0.29, 0.717) is 0 Å². The number of thioether (sulfide) groups is 1. The van der Waals surface area contributed by atoms with Crippen molar-refractivity contribution < 1.29 is 23.1 Å². The fourth-order valence-corrected chi connectivity index (χ4v) is 3.03. The summed E-state index contributed by atoms with van der Waals surface area (Å²) < 4.78 is 37.0. The summed E-state index contributed by atoms with van der Waals surface area (Å²) in [6, 6.07) is -1.40. The van der Waals surface area contributed by atoms with E-state index in [2.05, 4.69) is 15.8 Å². The number of alkyl halides is 3. The first-order chi connectivity index (χ1) is 7.88. The Morgan fingerprint density at radius 3 is 2.76 bits per heavy atom. The van der Waals surface area contributed by atoms with Crippen LogP contribution >= 0.6 is 11.8 Å². The quantitative estimate of drug-likeness (QED) is 0.669. The summed E-state index contributed by atoms with van der Waals surface area (Å²) in [6.07, 6.45) is 1.20. The molecule has 0 amide bonds. The molecular formula is C8H10F3N3O2S. The van der Waals surface area contributed by atoms with Crippen LogP contribution in [0.2, 0.25) is 0 Å². The first-order valence-electron chi connectivity index (χ1n) is 4.87. The number of fused-ring (bicyclic) bond motifs is 1. The summed E-state index contributed by atoms with van der Waals surface area (Å²) in [5.74, 6) is -1.82. The SMILES string of the molecule is O=C(O)C1NNC2CN=CC(SC(F)(F)F)C21. The Balaban J connectivity index is 2.17. The van der Waals surface area contributed by atoms with E-state index in [1.165, 1.54) is 6.21 Å². The number of nitrogens with one attached hydrogen (secondary N) is 2. The van der Waals surface area contributed by atoms with Gasteiger partial charge in [0, 0.05) is 18.2 Å². The Morgan fingerprint density at radius 2 is 2.18 bits per heavy atom. The number of halogens is 3. The highest BCUT2D eigenvalue weighted by molar-refractivity contribution is 8.01. The zero-order valence-electron chi connectivity index (χ0n) is 8.44. The molecule has 5 nitrogen and oxygen atoms in total. The van der Waals surface area contributed by atoms with Gasteiger partial charge < -0.3 is 5.11 Å². The van der Waals surface area contributed by atoms with Gasteiger partial charge in [-0.2, -0.15) is 13.2 Å². The molecule has 0 radical (unpaired) electrons. The molecule has 3 N–H and O–H groups in total. The monoisotopic (exact) mass is 269 g/mol. The lowest BCUT2D eigenvalue weighted by Gasteiger charge is -2.29. The number of carboxylic acid groups (broad SMARTS) is 1. The molecule has 0 bridgehead atoms. The molecule has 0 saturated carbocycles. The van der Waals surface area contributed by atoms with Crippen LogP contribution in [0.4, 0.5) is 13.2 Å². The van der Waals surface area contributed by atoms with Gasteiger partial charge in [0.25, 0.3) is 0 Å². The molecule has 1 saturated heterocycles. The third kappa shape index (κ3) is 2.72. The van der Waals surface area contributed by atoms with Gasteiger partial charge in [-0.15, -0.1) is 0 Å². The number of aliphatic imine (C=N–C) groups is 1.